The number of aliphatic carboxylic acids is 1. The fourth-order valence-electron chi connectivity index (χ4n) is 3.06. The van der Waals surface area contributed by atoms with Crippen LogP contribution in [-0.4, -0.2) is 24.2 Å². The van der Waals surface area contributed by atoms with Gasteiger partial charge in [-0.05, 0) is 31.6 Å². The highest BCUT2D eigenvalue weighted by atomic mass is 16.5. The highest BCUT2D eigenvalue weighted by Crippen LogP contribution is 2.58. The molecule has 0 radical (unpaired) electrons. The maximum atomic E-state index is 11.4. The summed E-state index contributed by atoms with van der Waals surface area (Å²) in [6.07, 6.45) is 2.92. The van der Waals surface area contributed by atoms with Crippen LogP contribution < -0.4 is 0 Å². The van der Waals surface area contributed by atoms with Crippen LogP contribution >= 0.6 is 0 Å². The SMILES string of the molecule is COC(=O)C1CC2CCC1(C(=O)O)C2. The highest BCUT2D eigenvalue weighted by Gasteiger charge is 2.60. The third kappa shape index (κ3) is 1.06. The summed E-state index contributed by atoms with van der Waals surface area (Å²) < 4.78 is 4.66. The van der Waals surface area contributed by atoms with Crippen molar-refractivity contribution in [1.29, 1.82) is 0 Å². The van der Waals surface area contributed by atoms with Gasteiger partial charge in [0.1, 0.15) is 0 Å². The molecule has 0 amide bonds. The van der Waals surface area contributed by atoms with Crippen molar-refractivity contribution in [1.82, 2.24) is 0 Å². The first kappa shape index (κ1) is 9.49. The molecule has 0 spiro atoms. The van der Waals surface area contributed by atoms with E-state index in [9.17, 15) is 14.7 Å². The van der Waals surface area contributed by atoms with Crippen LogP contribution in [0.15, 0.2) is 0 Å². The van der Waals surface area contributed by atoms with Gasteiger partial charge in [-0.3, -0.25) is 9.59 Å². The maximum absolute atomic E-state index is 11.4. The Labute approximate surface area is 82.2 Å². The van der Waals surface area contributed by atoms with E-state index in [1.54, 1.807) is 0 Å². The van der Waals surface area contributed by atoms with Gasteiger partial charge in [0.25, 0.3) is 0 Å². The molecule has 2 rings (SSSR count). The second-order valence-electron chi connectivity index (χ2n) is 4.38. The quantitative estimate of drug-likeness (QED) is 0.673. The summed E-state index contributed by atoms with van der Waals surface area (Å²) in [5.41, 5.74) is -0.808. The number of fused-ring (bicyclic) bond motifs is 2. The molecule has 78 valence electrons. The summed E-state index contributed by atoms with van der Waals surface area (Å²) in [5.74, 6) is -1.18. The van der Waals surface area contributed by atoms with Gasteiger partial charge in [-0.25, -0.2) is 0 Å². The number of hydrogen-bond donors (Lipinski definition) is 1. The molecular weight excluding hydrogens is 184 g/mol. The Morgan fingerprint density at radius 3 is 2.71 bits per heavy atom. The number of carbonyl (C=O) groups excluding carboxylic acids is 1. The third-order valence-corrected chi connectivity index (χ3v) is 3.80. The molecule has 2 aliphatic carbocycles. The van der Waals surface area contributed by atoms with E-state index in [2.05, 4.69) is 4.74 Å². The minimum atomic E-state index is -0.826. The second-order valence-corrected chi connectivity index (χ2v) is 4.38. The first-order chi connectivity index (χ1) is 6.60. The molecule has 2 bridgehead atoms. The van der Waals surface area contributed by atoms with Crippen molar-refractivity contribution < 1.29 is 19.4 Å². The number of methoxy groups -OCH3 is 1. The molecule has 2 aliphatic rings. The highest BCUT2D eigenvalue weighted by molar-refractivity contribution is 5.85. The van der Waals surface area contributed by atoms with E-state index < -0.39 is 17.3 Å². The van der Waals surface area contributed by atoms with E-state index in [4.69, 9.17) is 0 Å². The predicted molar refractivity (Wildman–Crippen MR) is 47.5 cm³/mol. The Bertz CT molecular complexity index is 286. The average molecular weight is 198 g/mol. The third-order valence-electron chi connectivity index (χ3n) is 3.80. The van der Waals surface area contributed by atoms with E-state index in [1.165, 1.54) is 7.11 Å². The van der Waals surface area contributed by atoms with Gasteiger partial charge in [0.05, 0.1) is 18.4 Å². The Hall–Kier alpha value is -1.06. The van der Waals surface area contributed by atoms with Gasteiger partial charge < -0.3 is 9.84 Å². The van der Waals surface area contributed by atoms with Gasteiger partial charge in [0, 0.05) is 0 Å². The molecule has 4 heteroatoms. The number of esters is 1. The molecule has 2 saturated carbocycles. The van der Waals surface area contributed by atoms with Crippen LogP contribution in [0.2, 0.25) is 0 Å². The number of carbonyl (C=O) groups is 2. The van der Waals surface area contributed by atoms with E-state index in [0.29, 0.717) is 25.2 Å². The summed E-state index contributed by atoms with van der Waals surface area (Å²) in [7, 11) is 1.32. The van der Waals surface area contributed by atoms with Crippen molar-refractivity contribution in [2.24, 2.45) is 17.3 Å². The monoisotopic (exact) mass is 198 g/mol. The van der Waals surface area contributed by atoms with Crippen LogP contribution in [0.4, 0.5) is 0 Å². The van der Waals surface area contributed by atoms with Crippen LogP contribution in [0.1, 0.15) is 25.7 Å². The number of carboxylic acid groups (broad SMARTS) is 1. The maximum Gasteiger partial charge on any atom is 0.310 e. The standard InChI is InChI=1S/C10H14O4/c1-14-8(11)7-4-6-2-3-10(7,5-6)9(12)13/h6-7H,2-5H2,1H3,(H,12,13). The van der Waals surface area contributed by atoms with Crippen molar-refractivity contribution >= 4 is 11.9 Å². The number of ether oxygens (including phenoxy) is 1. The Morgan fingerprint density at radius 1 is 1.50 bits per heavy atom. The van der Waals surface area contributed by atoms with E-state index >= 15 is 0 Å². The summed E-state index contributed by atoms with van der Waals surface area (Å²) in [4.78, 5) is 22.6. The summed E-state index contributed by atoms with van der Waals surface area (Å²) in [6, 6.07) is 0. The van der Waals surface area contributed by atoms with Gasteiger partial charge in [-0.1, -0.05) is 0 Å². The summed E-state index contributed by atoms with van der Waals surface area (Å²) in [5, 5.41) is 9.20. The lowest BCUT2D eigenvalue weighted by Crippen LogP contribution is -2.38. The Balaban J connectivity index is 2.27. The van der Waals surface area contributed by atoms with Gasteiger partial charge in [0.2, 0.25) is 0 Å². The van der Waals surface area contributed by atoms with Crippen molar-refractivity contribution in [2.45, 2.75) is 25.7 Å². The Kier molecular flexibility index (Phi) is 2.01. The van der Waals surface area contributed by atoms with Crippen LogP contribution in [-0.2, 0) is 14.3 Å². The Morgan fingerprint density at radius 2 is 2.21 bits per heavy atom. The van der Waals surface area contributed by atoms with Gasteiger partial charge in [-0.2, -0.15) is 0 Å². The molecule has 1 N–H and O–H groups in total. The van der Waals surface area contributed by atoms with Crippen LogP contribution in [0.25, 0.3) is 0 Å². The van der Waals surface area contributed by atoms with Crippen molar-refractivity contribution in [2.75, 3.05) is 7.11 Å². The van der Waals surface area contributed by atoms with Gasteiger partial charge in [-0.15, -0.1) is 0 Å². The zero-order valence-electron chi connectivity index (χ0n) is 8.16. The molecule has 2 fully saturated rings. The summed E-state index contributed by atoms with van der Waals surface area (Å²) >= 11 is 0. The summed E-state index contributed by atoms with van der Waals surface area (Å²) in [6.45, 7) is 0. The fourth-order valence-corrected chi connectivity index (χ4v) is 3.06. The largest absolute Gasteiger partial charge is 0.481 e. The fraction of sp³-hybridized carbons (Fsp3) is 0.800. The molecule has 0 aromatic rings. The average Bonchev–Trinajstić information content (AvgIpc) is 2.74. The molecule has 14 heavy (non-hydrogen) atoms. The van der Waals surface area contributed by atoms with Crippen molar-refractivity contribution in [3.63, 3.8) is 0 Å². The minimum Gasteiger partial charge on any atom is -0.481 e. The molecule has 0 aromatic heterocycles. The molecule has 4 nitrogen and oxygen atoms in total. The zero-order chi connectivity index (χ0) is 10.3. The van der Waals surface area contributed by atoms with Gasteiger partial charge >= 0.3 is 11.9 Å². The first-order valence-electron chi connectivity index (χ1n) is 4.91. The second kappa shape index (κ2) is 2.97. The van der Waals surface area contributed by atoms with E-state index in [0.717, 1.165) is 6.42 Å². The van der Waals surface area contributed by atoms with Gasteiger partial charge in [0.15, 0.2) is 0 Å². The van der Waals surface area contributed by atoms with Crippen LogP contribution in [0, 0.1) is 17.3 Å². The van der Waals surface area contributed by atoms with E-state index in [1.807, 2.05) is 0 Å². The number of hydrogen-bond acceptors (Lipinski definition) is 3. The zero-order valence-corrected chi connectivity index (χ0v) is 8.16. The minimum absolute atomic E-state index is 0.352. The molecule has 3 atom stereocenters. The molecular formula is C10H14O4. The van der Waals surface area contributed by atoms with Crippen molar-refractivity contribution in [3.05, 3.63) is 0 Å². The number of carboxylic acids is 1. The predicted octanol–water partition coefficient (Wildman–Crippen LogP) is 1.05. The molecule has 0 aromatic carbocycles. The molecule has 0 saturated heterocycles. The molecule has 3 unspecified atom stereocenters. The number of rotatable bonds is 2. The van der Waals surface area contributed by atoms with E-state index in [-0.39, 0.29) is 5.97 Å². The lowest BCUT2D eigenvalue weighted by molar-refractivity contribution is -0.162. The lowest BCUT2D eigenvalue weighted by atomic mass is 9.75. The first-order valence-corrected chi connectivity index (χ1v) is 4.91. The normalized spacial score (nSPS) is 39.8. The van der Waals surface area contributed by atoms with Crippen LogP contribution in [0.5, 0.6) is 0 Å². The van der Waals surface area contributed by atoms with Crippen LogP contribution in [0.3, 0.4) is 0 Å². The van der Waals surface area contributed by atoms with Crippen molar-refractivity contribution in [3.8, 4) is 0 Å². The smallest absolute Gasteiger partial charge is 0.310 e. The lowest BCUT2D eigenvalue weighted by Gasteiger charge is -2.28. The topological polar surface area (TPSA) is 63.6 Å². The molecule has 0 aliphatic heterocycles. The molecule has 0 heterocycles.